The van der Waals surface area contributed by atoms with Crippen LogP contribution in [0.15, 0.2) is 127 Å². The molecule has 4 aliphatic heterocycles. The van der Waals surface area contributed by atoms with Crippen LogP contribution in [0.3, 0.4) is 0 Å². The van der Waals surface area contributed by atoms with Gasteiger partial charge >= 0.3 is 0 Å². The number of benzene rings is 7. The molecule has 0 saturated carbocycles. The first-order valence-corrected chi connectivity index (χ1v) is 19.1. The zero-order valence-corrected chi connectivity index (χ0v) is 31.3. The first-order chi connectivity index (χ1) is 25.7. The van der Waals surface area contributed by atoms with Crippen molar-refractivity contribution in [2.75, 3.05) is 9.80 Å². The minimum absolute atomic E-state index is 0.0944. The predicted octanol–water partition coefficient (Wildman–Crippen LogP) is 5.28. The maximum atomic E-state index is 2.65. The van der Waals surface area contributed by atoms with Crippen LogP contribution in [0.1, 0.15) is 33.4 Å². The highest BCUT2D eigenvalue weighted by atomic mass is 15.2. The lowest BCUT2D eigenvalue weighted by Gasteiger charge is -2.51. The number of nitrogens with zero attached hydrogens (tertiary/aromatic N) is 2. The summed E-state index contributed by atoms with van der Waals surface area (Å²) in [6.45, 7) is 13.6. The van der Waals surface area contributed by atoms with Crippen molar-refractivity contribution in [2.24, 2.45) is 0 Å². The molecule has 0 radical (unpaired) electrons. The molecule has 5 heteroatoms. The molecule has 2 nitrogen and oxygen atoms in total. The van der Waals surface area contributed by atoms with Crippen LogP contribution >= 0.6 is 0 Å². The third-order valence-electron chi connectivity index (χ3n) is 12.5. The van der Waals surface area contributed by atoms with E-state index < -0.39 is 0 Å². The van der Waals surface area contributed by atoms with E-state index in [1.54, 1.807) is 0 Å². The second kappa shape index (κ2) is 10.9. The number of aryl methyl sites for hydroxylation is 6. The molecule has 0 N–H and O–H groups in total. The van der Waals surface area contributed by atoms with Crippen molar-refractivity contribution in [3.8, 4) is 0 Å². The fraction of sp³-hybridized carbons (Fsp3) is 0.125. The van der Waals surface area contributed by atoms with E-state index in [1.807, 2.05) is 0 Å². The predicted molar refractivity (Wildman–Crippen MR) is 231 cm³/mol. The van der Waals surface area contributed by atoms with E-state index in [0.29, 0.717) is 0 Å². The van der Waals surface area contributed by atoms with E-state index in [4.69, 9.17) is 0 Å². The summed E-state index contributed by atoms with van der Waals surface area (Å²) in [6.07, 6.45) is 0. The highest BCUT2D eigenvalue weighted by Gasteiger charge is 2.51. The van der Waals surface area contributed by atoms with Crippen LogP contribution in [0.5, 0.6) is 0 Å². The van der Waals surface area contributed by atoms with Gasteiger partial charge in [0.15, 0.2) is 0 Å². The second-order valence-electron chi connectivity index (χ2n) is 16.2. The van der Waals surface area contributed by atoms with Gasteiger partial charge < -0.3 is 9.80 Å². The Morgan fingerprint density at radius 3 is 0.943 bits per heavy atom. The summed E-state index contributed by atoms with van der Waals surface area (Å²) in [6, 6.07) is 50.0. The van der Waals surface area contributed by atoms with Crippen molar-refractivity contribution >= 4 is 103 Å². The first kappa shape index (κ1) is 30.9. The van der Waals surface area contributed by atoms with Crippen LogP contribution in [0, 0.1) is 41.5 Å². The van der Waals surface area contributed by atoms with Crippen LogP contribution in [0.4, 0.5) is 34.1 Å². The summed E-state index contributed by atoms with van der Waals surface area (Å²) >= 11 is 0. The lowest BCUT2D eigenvalue weighted by Crippen LogP contribution is -2.71. The smallest absolute Gasteiger partial charge is 0.252 e. The lowest BCUT2D eigenvalue weighted by molar-refractivity contribution is 1.24. The van der Waals surface area contributed by atoms with Gasteiger partial charge in [0.25, 0.3) is 6.71 Å². The standard InChI is InChI=1S/C48H39B3N2/c1-28-7-15-34(16-8-28)49-36-19-11-30(3)23-42(36)52-44-25-32(5)13-21-38(44)51-39-22-14-33(6)26-45(39)53-43-24-31(4)12-20-37(43)50(35-17-9-29(2)10-18-35)41-27-40(49)47(52)46(51)48(41)53/h7-27H,1-6H3. The molecule has 0 aromatic heterocycles. The highest BCUT2D eigenvalue weighted by Crippen LogP contribution is 2.45. The maximum Gasteiger partial charge on any atom is 0.252 e. The summed E-state index contributed by atoms with van der Waals surface area (Å²) in [5.41, 5.74) is 28.1. The minimum atomic E-state index is 0.0944. The Labute approximate surface area is 314 Å². The summed E-state index contributed by atoms with van der Waals surface area (Å²) in [5.74, 6) is 0. The number of fused-ring (bicyclic) bond motifs is 10. The second-order valence-corrected chi connectivity index (χ2v) is 16.2. The molecule has 11 rings (SSSR count). The molecule has 53 heavy (non-hydrogen) atoms. The summed E-state index contributed by atoms with van der Waals surface area (Å²) in [5, 5.41) is 0. The molecule has 0 aliphatic carbocycles. The Morgan fingerprint density at radius 1 is 0.302 bits per heavy atom. The normalized spacial score (nSPS) is 14.0. The van der Waals surface area contributed by atoms with Gasteiger partial charge in [-0.1, -0.05) is 125 Å². The van der Waals surface area contributed by atoms with Crippen LogP contribution < -0.4 is 59.0 Å². The quantitative estimate of drug-likeness (QED) is 0.230. The topological polar surface area (TPSA) is 6.48 Å². The Kier molecular flexibility index (Phi) is 6.38. The molecular formula is C48H39B3N2. The van der Waals surface area contributed by atoms with Crippen molar-refractivity contribution in [3.63, 3.8) is 0 Å². The van der Waals surface area contributed by atoms with Crippen molar-refractivity contribution in [1.29, 1.82) is 0 Å². The first-order valence-electron chi connectivity index (χ1n) is 19.1. The molecule has 4 aliphatic rings. The van der Waals surface area contributed by atoms with Gasteiger partial charge in [-0.2, -0.15) is 0 Å². The maximum absolute atomic E-state index is 2.65. The van der Waals surface area contributed by atoms with Crippen LogP contribution in [0.25, 0.3) is 0 Å². The van der Waals surface area contributed by atoms with E-state index in [2.05, 4.69) is 179 Å². The number of hydrogen-bond acceptors (Lipinski definition) is 2. The molecule has 0 saturated heterocycles. The average molecular weight is 676 g/mol. The van der Waals surface area contributed by atoms with Gasteiger partial charge in [-0.05, 0) is 126 Å². The van der Waals surface area contributed by atoms with Crippen LogP contribution in [-0.2, 0) is 0 Å². The fourth-order valence-electron chi connectivity index (χ4n) is 10.1. The van der Waals surface area contributed by atoms with Crippen molar-refractivity contribution in [2.45, 2.75) is 41.5 Å². The Bertz CT molecular complexity index is 2500. The summed E-state index contributed by atoms with van der Waals surface area (Å²) < 4.78 is 0. The Hall–Kier alpha value is -5.67. The van der Waals surface area contributed by atoms with Gasteiger partial charge in [-0.25, -0.2) is 0 Å². The molecule has 0 atom stereocenters. The molecular weight excluding hydrogens is 637 g/mol. The molecule has 4 heterocycles. The molecule has 7 aromatic rings. The van der Waals surface area contributed by atoms with E-state index >= 15 is 0 Å². The van der Waals surface area contributed by atoms with Gasteiger partial charge in [-0.15, -0.1) is 0 Å². The highest BCUT2D eigenvalue weighted by molar-refractivity contribution is 7.06. The molecule has 7 aromatic carbocycles. The zero-order valence-electron chi connectivity index (χ0n) is 31.3. The van der Waals surface area contributed by atoms with Gasteiger partial charge in [0, 0.05) is 34.1 Å². The van der Waals surface area contributed by atoms with Gasteiger partial charge in [0.1, 0.15) is 0 Å². The van der Waals surface area contributed by atoms with E-state index in [1.165, 1.54) is 117 Å². The molecule has 0 unspecified atom stereocenters. The number of anilines is 6. The Balaban J connectivity index is 1.34. The average Bonchev–Trinajstić information content (AvgIpc) is 3.15. The number of hydrogen-bond donors (Lipinski definition) is 0. The molecule has 0 fully saturated rings. The van der Waals surface area contributed by atoms with Gasteiger partial charge in [0.05, 0.1) is 0 Å². The monoisotopic (exact) mass is 676 g/mol. The summed E-state index contributed by atoms with van der Waals surface area (Å²) in [7, 11) is 0. The van der Waals surface area contributed by atoms with Crippen molar-refractivity contribution < 1.29 is 0 Å². The minimum Gasteiger partial charge on any atom is -0.312 e. The van der Waals surface area contributed by atoms with Crippen LogP contribution in [-0.4, -0.2) is 20.1 Å². The Morgan fingerprint density at radius 2 is 0.604 bits per heavy atom. The zero-order chi connectivity index (χ0) is 35.9. The molecule has 0 spiro atoms. The molecule has 0 bridgehead atoms. The van der Waals surface area contributed by atoms with Gasteiger partial charge in [0.2, 0.25) is 13.4 Å². The largest absolute Gasteiger partial charge is 0.312 e. The molecule has 250 valence electrons. The number of rotatable bonds is 2. The SMILES string of the molecule is Cc1ccc(B2c3ccc(C)cc3N3c4cc(C)ccc4B4c5ccc(C)cc5N5c6cc(C)ccc6B(c6ccc(C)cc6)c6cc2c3c4c65)cc1. The third-order valence-corrected chi connectivity index (χ3v) is 12.5. The third kappa shape index (κ3) is 4.25. The fourth-order valence-corrected chi connectivity index (χ4v) is 10.1. The van der Waals surface area contributed by atoms with Gasteiger partial charge in [-0.3, -0.25) is 0 Å². The van der Waals surface area contributed by atoms with Crippen LogP contribution in [0.2, 0.25) is 0 Å². The van der Waals surface area contributed by atoms with E-state index in [-0.39, 0.29) is 20.1 Å². The van der Waals surface area contributed by atoms with E-state index in [0.717, 1.165) is 0 Å². The van der Waals surface area contributed by atoms with Crippen molar-refractivity contribution in [3.05, 3.63) is 161 Å². The molecule has 0 amide bonds. The lowest BCUT2D eigenvalue weighted by atomic mass is 9.26. The van der Waals surface area contributed by atoms with Crippen molar-refractivity contribution in [1.82, 2.24) is 0 Å². The van der Waals surface area contributed by atoms with E-state index in [9.17, 15) is 0 Å². The summed E-state index contributed by atoms with van der Waals surface area (Å²) in [4.78, 5) is 5.31.